The van der Waals surface area contributed by atoms with Gasteiger partial charge in [0.2, 0.25) is 11.8 Å². The molecule has 3 aromatic carbocycles. The zero-order chi connectivity index (χ0) is 33.9. The zero-order valence-corrected chi connectivity index (χ0v) is 26.5. The summed E-state index contributed by atoms with van der Waals surface area (Å²) in [7, 11) is 0. The van der Waals surface area contributed by atoms with Crippen LogP contribution >= 0.6 is 0 Å². The monoisotopic (exact) mass is 643 g/mol. The van der Waals surface area contributed by atoms with Gasteiger partial charge >= 0.3 is 12.1 Å². The highest BCUT2D eigenvalue weighted by Crippen LogP contribution is 2.44. The Balaban J connectivity index is 1.43. The molecule has 0 bridgehead atoms. The van der Waals surface area contributed by atoms with Crippen LogP contribution in [0.15, 0.2) is 66.7 Å². The number of anilines is 1. The molecule has 0 radical (unpaired) electrons. The molecule has 0 aliphatic heterocycles. The summed E-state index contributed by atoms with van der Waals surface area (Å²) in [6.07, 6.45) is 0.441. The summed E-state index contributed by atoms with van der Waals surface area (Å²) < 4.78 is 5.65. The molecule has 248 valence electrons. The van der Waals surface area contributed by atoms with Crippen molar-refractivity contribution in [3.63, 3.8) is 0 Å². The second kappa shape index (κ2) is 16.4. The number of amides is 5. The number of carbonyl (C=O) groups is 5. The number of aldehydes is 1. The molecule has 0 saturated carbocycles. The van der Waals surface area contributed by atoms with E-state index < -0.39 is 36.0 Å². The van der Waals surface area contributed by atoms with Gasteiger partial charge in [-0.25, -0.2) is 9.59 Å². The van der Waals surface area contributed by atoms with Crippen molar-refractivity contribution in [1.29, 1.82) is 0 Å². The molecule has 1 aliphatic carbocycles. The largest absolute Gasteiger partial charge is 0.449 e. The fourth-order valence-corrected chi connectivity index (χ4v) is 5.72. The van der Waals surface area contributed by atoms with Crippen LogP contribution in [0.1, 0.15) is 54.9 Å². The number of alkyl carbamates (subject to hydrolysis) is 1. The van der Waals surface area contributed by atoms with E-state index in [1.54, 1.807) is 32.0 Å². The van der Waals surface area contributed by atoms with Gasteiger partial charge in [-0.05, 0) is 64.3 Å². The highest BCUT2D eigenvalue weighted by atomic mass is 16.5. The molecule has 1 aliphatic rings. The van der Waals surface area contributed by atoms with Crippen LogP contribution in [0.3, 0.4) is 0 Å². The van der Waals surface area contributed by atoms with Crippen molar-refractivity contribution < 1.29 is 33.8 Å². The topological polar surface area (TPSA) is 189 Å². The third kappa shape index (κ3) is 8.95. The molecule has 12 nitrogen and oxygen atoms in total. The Morgan fingerprint density at radius 1 is 0.915 bits per heavy atom. The van der Waals surface area contributed by atoms with Crippen molar-refractivity contribution in [2.24, 2.45) is 11.7 Å². The number of nitrogens with one attached hydrogen (secondary N) is 4. The van der Waals surface area contributed by atoms with E-state index in [2.05, 4.69) is 21.3 Å². The first-order valence-electron chi connectivity index (χ1n) is 15.5. The highest BCUT2D eigenvalue weighted by Gasteiger charge is 2.32. The molecule has 4 rings (SSSR count). The molecule has 0 saturated heterocycles. The number of rotatable bonds is 15. The van der Waals surface area contributed by atoms with Crippen LogP contribution in [0.25, 0.3) is 11.1 Å². The fourth-order valence-electron chi connectivity index (χ4n) is 5.72. The number of fused-ring (bicyclic) bond motifs is 3. The number of benzene rings is 3. The number of primary amides is 1. The first kappa shape index (κ1) is 34.6. The minimum Gasteiger partial charge on any atom is -0.449 e. The van der Waals surface area contributed by atoms with Crippen LogP contribution in [-0.2, 0) is 32.1 Å². The smallest absolute Gasteiger partial charge is 0.407 e. The molecule has 0 spiro atoms. The molecular weight excluding hydrogens is 602 g/mol. The summed E-state index contributed by atoms with van der Waals surface area (Å²) in [4.78, 5) is 62.2. The molecule has 0 aromatic heterocycles. The predicted octanol–water partition coefficient (Wildman–Crippen LogP) is 3.36. The zero-order valence-electron chi connectivity index (χ0n) is 26.5. The molecule has 7 N–H and O–H groups in total. The van der Waals surface area contributed by atoms with E-state index in [9.17, 15) is 29.1 Å². The lowest BCUT2D eigenvalue weighted by molar-refractivity contribution is -0.128. The number of hydrogen-bond acceptors (Lipinski definition) is 7. The maximum atomic E-state index is 13.5. The molecule has 5 amide bonds. The fraction of sp³-hybridized carbons (Fsp3) is 0.343. The van der Waals surface area contributed by atoms with E-state index >= 15 is 0 Å². The summed E-state index contributed by atoms with van der Waals surface area (Å²) in [5, 5.41) is 20.2. The molecule has 2 unspecified atom stereocenters. The number of nitrogens with two attached hydrogens (primary N) is 1. The summed E-state index contributed by atoms with van der Waals surface area (Å²) in [6, 6.07) is 17.9. The Morgan fingerprint density at radius 2 is 1.57 bits per heavy atom. The normalized spacial score (nSPS) is 13.1. The molecule has 3 aromatic rings. The first-order valence-corrected chi connectivity index (χ1v) is 15.5. The summed E-state index contributed by atoms with van der Waals surface area (Å²) in [6.45, 7) is 3.51. The van der Waals surface area contributed by atoms with E-state index in [1.807, 2.05) is 48.5 Å². The van der Waals surface area contributed by atoms with Gasteiger partial charge in [-0.2, -0.15) is 0 Å². The average Bonchev–Trinajstić information content (AvgIpc) is 3.37. The van der Waals surface area contributed by atoms with Crippen molar-refractivity contribution >= 4 is 35.9 Å². The molecule has 0 heterocycles. The second-order valence-electron chi connectivity index (χ2n) is 11.7. The van der Waals surface area contributed by atoms with Crippen LogP contribution < -0.4 is 27.0 Å². The van der Waals surface area contributed by atoms with Gasteiger partial charge in [-0.15, -0.1) is 0 Å². The van der Waals surface area contributed by atoms with Gasteiger partial charge in [0.25, 0.3) is 0 Å². The van der Waals surface area contributed by atoms with Gasteiger partial charge in [0.05, 0.1) is 6.61 Å². The van der Waals surface area contributed by atoms with Gasteiger partial charge in [-0.3, -0.25) is 9.59 Å². The van der Waals surface area contributed by atoms with Gasteiger partial charge in [0, 0.05) is 24.6 Å². The van der Waals surface area contributed by atoms with E-state index in [1.165, 1.54) is 0 Å². The lowest BCUT2D eigenvalue weighted by Gasteiger charge is -2.25. The standard InChI is InChI=1S/C35H41N5O7/c1-21(2)31(40-35(46)47-20-29-27-10-5-3-8-25(27)26-9-4-6-11-28(26)29)33(44)39-30(12-7-16-37-34(36)45)32(43)38-24-14-13-23(19-42)22(18-24)15-17-41/h3-6,8-11,13-14,17-18,21,29-31,42H,7,12,15-16,19-20H2,1-2H3,(H,38,43)(H,39,44)(H,40,46)(H3,36,37,45). The number of aliphatic hydroxyl groups is 1. The van der Waals surface area contributed by atoms with Crippen LogP contribution in [0.2, 0.25) is 0 Å². The molecule has 47 heavy (non-hydrogen) atoms. The predicted molar refractivity (Wildman–Crippen MR) is 176 cm³/mol. The van der Waals surface area contributed by atoms with E-state index in [4.69, 9.17) is 10.5 Å². The second-order valence-corrected chi connectivity index (χ2v) is 11.7. The van der Waals surface area contributed by atoms with Crippen LogP contribution in [0.5, 0.6) is 0 Å². The summed E-state index contributed by atoms with van der Waals surface area (Å²) in [5.41, 5.74) is 10.9. The Kier molecular flexibility index (Phi) is 12.1. The SMILES string of the molecule is CC(C)C(NC(=O)OCC1c2ccccc2-c2ccccc21)C(=O)NC(CCCNC(N)=O)C(=O)Nc1ccc(CO)c(CC=O)c1. The van der Waals surface area contributed by atoms with Crippen molar-refractivity contribution in [2.75, 3.05) is 18.5 Å². The quantitative estimate of drug-likeness (QED) is 0.108. The minimum absolute atomic E-state index is 0.0517. The maximum Gasteiger partial charge on any atom is 0.407 e. The Bertz CT molecular complexity index is 1560. The molecule has 2 atom stereocenters. The third-order valence-corrected chi connectivity index (χ3v) is 8.12. The van der Waals surface area contributed by atoms with Crippen molar-refractivity contribution in [3.05, 3.63) is 89.0 Å². The summed E-state index contributed by atoms with van der Waals surface area (Å²) in [5.74, 6) is -1.64. The third-order valence-electron chi connectivity index (χ3n) is 8.12. The highest BCUT2D eigenvalue weighted by molar-refractivity contribution is 5.98. The molecular formula is C35H41N5O7. The van der Waals surface area contributed by atoms with Crippen LogP contribution in [-0.4, -0.2) is 60.6 Å². The van der Waals surface area contributed by atoms with Gasteiger partial charge in [-0.1, -0.05) is 68.4 Å². The minimum atomic E-state index is -1.05. The summed E-state index contributed by atoms with van der Waals surface area (Å²) >= 11 is 0. The average molecular weight is 644 g/mol. The number of aliphatic hydroxyl groups excluding tert-OH is 1. The number of ether oxygens (including phenoxy) is 1. The van der Waals surface area contributed by atoms with E-state index in [0.29, 0.717) is 29.5 Å². The number of hydrogen-bond donors (Lipinski definition) is 6. The Morgan fingerprint density at radius 3 is 2.17 bits per heavy atom. The van der Waals surface area contributed by atoms with Crippen LogP contribution in [0.4, 0.5) is 15.3 Å². The van der Waals surface area contributed by atoms with Crippen molar-refractivity contribution in [3.8, 4) is 11.1 Å². The van der Waals surface area contributed by atoms with Gasteiger partial charge in [0.1, 0.15) is 25.0 Å². The number of urea groups is 1. The van der Waals surface area contributed by atoms with Gasteiger partial charge < -0.3 is 41.6 Å². The van der Waals surface area contributed by atoms with Crippen LogP contribution in [0, 0.1) is 5.92 Å². The first-order chi connectivity index (χ1) is 22.6. The van der Waals surface area contributed by atoms with E-state index in [0.717, 1.165) is 22.3 Å². The van der Waals surface area contributed by atoms with Crippen molar-refractivity contribution in [2.45, 2.75) is 57.7 Å². The lowest BCUT2D eigenvalue weighted by atomic mass is 9.98. The lowest BCUT2D eigenvalue weighted by Crippen LogP contribution is -2.54. The maximum absolute atomic E-state index is 13.5. The number of carbonyl (C=O) groups excluding carboxylic acids is 5. The molecule has 0 fully saturated rings. The Hall–Kier alpha value is -5.23. The Labute approximate surface area is 273 Å². The van der Waals surface area contributed by atoms with Crippen molar-refractivity contribution in [1.82, 2.24) is 16.0 Å². The van der Waals surface area contributed by atoms with E-state index in [-0.39, 0.29) is 44.4 Å². The van der Waals surface area contributed by atoms with Gasteiger partial charge in [0.15, 0.2) is 0 Å². The molecule has 12 heteroatoms.